The van der Waals surface area contributed by atoms with Crippen molar-refractivity contribution in [3.63, 3.8) is 0 Å². The van der Waals surface area contributed by atoms with Crippen LogP contribution >= 0.6 is 11.3 Å². The van der Waals surface area contributed by atoms with Gasteiger partial charge < -0.3 is 0 Å². The fourth-order valence-electron chi connectivity index (χ4n) is 2.90. The van der Waals surface area contributed by atoms with E-state index in [2.05, 4.69) is 35.4 Å². The number of sulfonamides is 1. The SMILES string of the molecule is O=S1(=O)Nc2ccc(-c3nnc(-c4cccnc4)s3)nc2C2NN=CC21. The second-order valence-corrected chi connectivity index (χ2v) is 8.60. The van der Waals surface area contributed by atoms with E-state index in [1.807, 2.05) is 12.1 Å². The third-order valence-electron chi connectivity index (χ3n) is 4.15. The summed E-state index contributed by atoms with van der Waals surface area (Å²) >= 11 is 1.40. The third-order valence-corrected chi connectivity index (χ3v) is 6.76. The zero-order valence-electron chi connectivity index (χ0n) is 13.1. The van der Waals surface area contributed by atoms with Crippen LogP contribution < -0.4 is 10.1 Å². The van der Waals surface area contributed by atoms with Crippen LogP contribution in [0.15, 0.2) is 41.8 Å². The molecule has 0 saturated heterocycles. The fourth-order valence-corrected chi connectivity index (χ4v) is 5.09. The third kappa shape index (κ3) is 2.35. The zero-order valence-corrected chi connectivity index (χ0v) is 14.7. The molecule has 0 saturated carbocycles. The molecule has 3 aromatic heterocycles. The van der Waals surface area contributed by atoms with Crippen LogP contribution in [0.5, 0.6) is 0 Å². The summed E-state index contributed by atoms with van der Waals surface area (Å²) < 4.78 is 27.0. The first-order chi connectivity index (χ1) is 12.6. The highest BCUT2D eigenvalue weighted by Gasteiger charge is 2.43. The van der Waals surface area contributed by atoms with Gasteiger partial charge in [0.05, 0.1) is 11.4 Å². The largest absolute Gasteiger partial charge is 0.299 e. The molecule has 2 N–H and O–H groups in total. The first kappa shape index (κ1) is 15.3. The Kier molecular flexibility index (Phi) is 3.27. The molecule has 2 aliphatic heterocycles. The maximum absolute atomic E-state index is 12.2. The molecule has 0 amide bonds. The molecule has 26 heavy (non-hydrogen) atoms. The number of hydrogen-bond acceptors (Lipinski definition) is 9. The summed E-state index contributed by atoms with van der Waals surface area (Å²) in [4.78, 5) is 8.71. The molecule has 0 bridgehead atoms. The van der Waals surface area contributed by atoms with Crippen LogP contribution in [-0.2, 0) is 10.0 Å². The van der Waals surface area contributed by atoms with Crippen LogP contribution in [0, 0.1) is 0 Å². The summed E-state index contributed by atoms with van der Waals surface area (Å²) in [6, 6.07) is 6.66. The standard InChI is InChI=1S/C15H11N7O2S2/c23-26(24)11-7-17-19-13(11)12-9(22-26)3-4-10(18-12)15-21-20-14(25-15)8-2-1-5-16-6-8/h1-7,11,13,19,22H. The van der Waals surface area contributed by atoms with Crippen molar-refractivity contribution in [3.8, 4) is 21.3 Å². The van der Waals surface area contributed by atoms with Gasteiger partial charge in [0, 0.05) is 24.2 Å². The monoisotopic (exact) mass is 385 g/mol. The lowest BCUT2D eigenvalue weighted by Crippen LogP contribution is -2.40. The van der Waals surface area contributed by atoms with Crippen LogP contribution in [0.25, 0.3) is 21.3 Å². The van der Waals surface area contributed by atoms with Crippen molar-refractivity contribution in [3.05, 3.63) is 42.4 Å². The maximum Gasteiger partial charge on any atom is 0.243 e. The molecule has 5 rings (SSSR count). The average molecular weight is 385 g/mol. The summed E-state index contributed by atoms with van der Waals surface area (Å²) in [6.07, 6.45) is 4.81. The smallest absolute Gasteiger partial charge is 0.243 e. The Labute approximate surface area is 152 Å². The lowest BCUT2D eigenvalue weighted by atomic mass is 10.1. The highest BCUT2D eigenvalue weighted by Crippen LogP contribution is 2.37. The van der Waals surface area contributed by atoms with Gasteiger partial charge in [0.1, 0.15) is 22.0 Å². The molecule has 3 aromatic rings. The van der Waals surface area contributed by atoms with E-state index in [4.69, 9.17) is 0 Å². The molecule has 0 aromatic carbocycles. The topological polar surface area (TPSA) is 122 Å². The Bertz CT molecular complexity index is 1130. The summed E-state index contributed by atoms with van der Waals surface area (Å²) in [5.41, 5.74) is 5.38. The Morgan fingerprint density at radius 2 is 2.00 bits per heavy atom. The van der Waals surface area contributed by atoms with Crippen molar-refractivity contribution < 1.29 is 8.42 Å². The molecular formula is C15H11N7O2S2. The van der Waals surface area contributed by atoms with Crippen molar-refractivity contribution in [2.24, 2.45) is 5.10 Å². The molecule has 0 aliphatic carbocycles. The van der Waals surface area contributed by atoms with E-state index in [0.29, 0.717) is 22.1 Å². The highest BCUT2D eigenvalue weighted by molar-refractivity contribution is 7.94. The summed E-state index contributed by atoms with van der Waals surface area (Å²) in [6.45, 7) is 0. The van der Waals surface area contributed by atoms with Crippen LogP contribution in [0.2, 0.25) is 0 Å². The van der Waals surface area contributed by atoms with E-state index in [0.717, 1.165) is 10.6 Å². The quantitative estimate of drug-likeness (QED) is 0.684. The number of anilines is 1. The number of rotatable bonds is 2. The van der Waals surface area contributed by atoms with E-state index in [9.17, 15) is 8.42 Å². The van der Waals surface area contributed by atoms with Crippen molar-refractivity contribution in [1.82, 2.24) is 25.6 Å². The number of nitrogens with one attached hydrogen (secondary N) is 2. The minimum absolute atomic E-state index is 0.449. The van der Waals surface area contributed by atoms with Crippen molar-refractivity contribution in [2.75, 3.05) is 4.72 Å². The number of aromatic nitrogens is 4. The van der Waals surface area contributed by atoms with E-state index in [1.165, 1.54) is 17.6 Å². The van der Waals surface area contributed by atoms with Gasteiger partial charge in [-0.2, -0.15) is 5.10 Å². The second-order valence-electron chi connectivity index (χ2n) is 5.78. The van der Waals surface area contributed by atoms with Gasteiger partial charge in [0.15, 0.2) is 5.01 Å². The van der Waals surface area contributed by atoms with Crippen molar-refractivity contribution >= 4 is 33.3 Å². The fraction of sp³-hybridized carbons (Fsp3) is 0.133. The second kappa shape index (κ2) is 5.54. The lowest BCUT2D eigenvalue weighted by molar-refractivity contribution is 0.554. The lowest BCUT2D eigenvalue weighted by Gasteiger charge is -2.27. The summed E-state index contributed by atoms with van der Waals surface area (Å²) in [5.74, 6) is 0. The van der Waals surface area contributed by atoms with Crippen LogP contribution in [0.4, 0.5) is 5.69 Å². The molecule has 11 heteroatoms. The molecule has 0 spiro atoms. The van der Waals surface area contributed by atoms with Gasteiger partial charge in [-0.1, -0.05) is 11.3 Å². The van der Waals surface area contributed by atoms with Gasteiger partial charge >= 0.3 is 0 Å². The predicted molar refractivity (Wildman–Crippen MR) is 97.1 cm³/mol. The number of pyridine rings is 2. The zero-order chi connectivity index (χ0) is 17.7. The first-order valence-electron chi connectivity index (χ1n) is 7.67. The van der Waals surface area contributed by atoms with Gasteiger partial charge in [-0.05, 0) is 24.3 Å². The Morgan fingerprint density at radius 3 is 2.85 bits per heavy atom. The Hall–Kier alpha value is -2.92. The molecule has 0 radical (unpaired) electrons. The molecule has 9 nitrogen and oxygen atoms in total. The van der Waals surface area contributed by atoms with Crippen molar-refractivity contribution in [2.45, 2.75) is 11.3 Å². The van der Waals surface area contributed by atoms with E-state index >= 15 is 0 Å². The Morgan fingerprint density at radius 1 is 1.12 bits per heavy atom. The summed E-state index contributed by atoms with van der Waals surface area (Å²) in [7, 11) is -3.52. The number of hydrogen-bond donors (Lipinski definition) is 2. The molecule has 2 unspecified atom stereocenters. The van der Waals surface area contributed by atoms with Crippen molar-refractivity contribution in [1.29, 1.82) is 0 Å². The van der Waals surface area contributed by atoms with Gasteiger partial charge in [0.25, 0.3) is 0 Å². The van der Waals surface area contributed by atoms with E-state index in [-0.39, 0.29) is 0 Å². The molecular weight excluding hydrogens is 374 g/mol. The van der Waals surface area contributed by atoms with E-state index < -0.39 is 21.3 Å². The molecule has 2 atom stereocenters. The normalized spacial score (nSPS) is 22.2. The number of nitrogens with zero attached hydrogens (tertiary/aromatic N) is 5. The molecule has 5 heterocycles. The van der Waals surface area contributed by atoms with Gasteiger partial charge in [-0.3, -0.25) is 15.1 Å². The minimum Gasteiger partial charge on any atom is -0.299 e. The first-order valence-corrected chi connectivity index (χ1v) is 10.0. The summed E-state index contributed by atoms with van der Waals surface area (Å²) in [5, 5.41) is 12.9. The van der Waals surface area contributed by atoms with Crippen LogP contribution in [-0.4, -0.2) is 40.0 Å². The Balaban J connectivity index is 1.55. The predicted octanol–water partition coefficient (Wildman–Crippen LogP) is 1.42. The number of hydrazone groups is 1. The van der Waals surface area contributed by atoms with Gasteiger partial charge in [-0.25, -0.2) is 13.4 Å². The minimum atomic E-state index is -3.52. The molecule has 130 valence electrons. The molecule has 2 aliphatic rings. The highest BCUT2D eigenvalue weighted by atomic mass is 32.2. The maximum atomic E-state index is 12.2. The van der Waals surface area contributed by atoms with Gasteiger partial charge in [-0.15, -0.1) is 10.2 Å². The van der Waals surface area contributed by atoms with Crippen LogP contribution in [0.3, 0.4) is 0 Å². The van der Waals surface area contributed by atoms with Crippen LogP contribution in [0.1, 0.15) is 11.7 Å². The molecule has 0 fully saturated rings. The average Bonchev–Trinajstić information content (AvgIpc) is 3.32. The number of fused-ring (bicyclic) bond motifs is 3. The van der Waals surface area contributed by atoms with Gasteiger partial charge in [0.2, 0.25) is 10.0 Å². The van der Waals surface area contributed by atoms with E-state index in [1.54, 1.807) is 24.5 Å².